The summed E-state index contributed by atoms with van der Waals surface area (Å²) >= 11 is 0. The topological polar surface area (TPSA) is 134 Å². The molecule has 2 spiro atoms. The first-order chi connectivity index (χ1) is 13.5. The second-order valence-electron chi connectivity index (χ2n) is 10.2. The number of carbonyl (C=O) groups is 2. The van der Waals surface area contributed by atoms with Crippen molar-refractivity contribution in [1.29, 1.82) is 0 Å². The van der Waals surface area contributed by atoms with Crippen molar-refractivity contribution in [3.63, 3.8) is 0 Å². The van der Waals surface area contributed by atoms with Gasteiger partial charge in [0.05, 0.1) is 18.8 Å². The molecule has 11 atom stereocenters. The van der Waals surface area contributed by atoms with Crippen LogP contribution < -0.4 is 0 Å². The maximum Gasteiger partial charge on any atom is 0.303 e. The number of fused-ring (bicyclic) bond motifs is 2. The van der Waals surface area contributed by atoms with E-state index < -0.39 is 64.3 Å². The Morgan fingerprint density at radius 1 is 1.17 bits per heavy atom. The molecule has 8 heteroatoms. The van der Waals surface area contributed by atoms with Crippen molar-refractivity contribution in [2.24, 2.45) is 34.5 Å². The molecule has 2 aliphatic heterocycles. The quantitative estimate of drug-likeness (QED) is 0.435. The number of esters is 1. The smallest absolute Gasteiger partial charge is 0.303 e. The van der Waals surface area contributed by atoms with E-state index in [2.05, 4.69) is 0 Å². The lowest BCUT2D eigenvalue weighted by atomic mass is 9.37. The van der Waals surface area contributed by atoms with Gasteiger partial charge in [-0.1, -0.05) is 6.92 Å². The van der Waals surface area contributed by atoms with E-state index in [-0.39, 0.29) is 18.3 Å². The molecular weight excluding hydrogens is 380 g/mol. The maximum absolute atomic E-state index is 13.5. The molecule has 0 aromatic rings. The van der Waals surface area contributed by atoms with E-state index in [0.717, 1.165) is 0 Å². The van der Waals surface area contributed by atoms with Gasteiger partial charge >= 0.3 is 5.97 Å². The Balaban J connectivity index is 1.76. The second-order valence-corrected chi connectivity index (χ2v) is 10.2. The molecule has 29 heavy (non-hydrogen) atoms. The van der Waals surface area contributed by atoms with Crippen LogP contribution in [0.4, 0.5) is 0 Å². The molecule has 8 nitrogen and oxygen atoms in total. The SMILES string of the molecule is CC(=O)O[C@]1(C)CC[C@@H](O)[C@]23CO[C@@](O)([C@@H](O)[C@@H]21)[C@]12C(=O)[C@H](C)[C@H](CC[C@@H]31)[C@H]2O. The number of aliphatic hydroxyl groups is 4. The zero-order valence-corrected chi connectivity index (χ0v) is 17.0. The Morgan fingerprint density at radius 2 is 1.86 bits per heavy atom. The zero-order valence-electron chi connectivity index (χ0n) is 17.0. The Morgan fingerprint density at radius 3 is 2.52 bits per heavy atom. The minimum Gasteiger partial charge on any atom is -0.459 e. The lowest BCUT2D eigenvalue weighted by Crippen LogP contribution is -2.86. The summed E-state index contributed by atoms with van der Waals surface area (Å²) in [5, 5.41) is 45.7. The number of hydrogen-bond donors (Lipinski definition) is 4. The predicted octanol–water partition coefficient (Wildman–Crippen LogP) is -0.249. The third-order valence-corrected chi connectivity index (χ3v) is 9.32. The largest absolute Gasteiger partial charge is 0.459 e. The van der Waals surface area contributed by atoms with Gasteiger partial charge in [-0.3, -0.25) is 9.59 Å². The highest BCUT2D eigenvalue weighted by Gasteiger charge is 2.87. The van der Waals surface area contributed by atoms with Gasteiger partial charge in [0.1, 0.15) is 17.1 Å². The summed E-state index contributed by atoms with van der Waals surface area (Å²) in [4.78, 5) is 25.4. The predicted molar refractivity (Wildman–Crippen MR) is 97.1 cm³/mol. The van der Waals surface area contributed by atoms with Crippen LogP contribution in [-0.4, -0.2) is 68.5 Å². The van der Waals surface area contributed by atoms with Gasteiger partial charge in [-0.05, 0) is 44.4 Å². The Hall–Kier alpha value is -1.06. The summed E-state index contributed by atoms with van der Waals surface area (Å²) < 4.78 is 11.5. The highest BCUT2D eigenvalue weighted by Crippen LogP contribution is 2.75. The molecule has 4 N–H and O–H groups in total. The van der Waals surface area contributed by atoms with Crippen LogP contribution in [0.1, 0.15) is 46.5 Å². The highest BCUT2D eigenvalue weighted by molar-refractivity contribution is 5.93. The molecule has 6 rings (SSSR count). The third-order valence-electron chi connectivity index (χ3n) is 9.32. The number of ketones is 1. The summed E-state index contributed by atoms with van der Waals surface area (Å²) in [5.41, 5.74) is -3.91. The molecule has 4 aliphatic carbocycles. The first kappa shape index (κ1) is 19.9. The van der Waals surface area contributed by atoms with E-state index in [1.807, 2.05) is 0 Å². The first-order valence-corrected chi connectivity index (χ1v) is 10.6. The number of hydrogen-bond acceptors (Lipinski definition) is 8. The van der Waals surface area contributed by atoms with E-state index in [4.69, 9.17) is 9.47 Å². The monoisotopic (exact) mass is 410 g/mol. The van der Waals surface area contributed by atoms with Crippen molar-refractivity contribution >= 4 is 11.8 Å². The summed E-state index contributed by atoms with van der Waals surface area (Å²) in [6, 6.07) is 0. The Kier molecular flexibility index (Phi) is 3.83. The summed E-state index contributed by atoms with van der Waals surface area (Å²) in [6.45, 7) is 4.70. The average Bonchev–Trinajstić information content (AvgIpc) is 2.75. The summed E-state index contributed by atoms with van der Waals surface area (Å²) in [7, 11) is 0. The van der Waals surface area contributed by atoms with Gasteiger partial charge in [-0.15, -0.1) is 0 Å². The number of ether oxygens (including phenoxy) is 2. The van der Waals surface area contributed by atoms with Crippen molar-refractivity contribution in [3.8, 4) is 0 Å². The lowest BCUT2D eigenvalue weighted by Gasteiger charge is -2.74. The van der Waals surface area contributed by atoms with Crippen LogP contribution in [0.2, 0.25) is 0 Å². The Labute approximate surface area is 169 Å². The van der Waals surface area contributed by atoms with Crippen LogP contribution in [-0.2, 0) is 19.1 Å². The van der Waals surface area contributed by atoms with E-state index in [1.54, 1.807) is 13.8 Å². The summed E-state index contributed by atoms with van der Waals surface area (Å²) in [6.07, 6.45) is -1.90. The number of aliphatic hydroxyl groups excluding tert-OH is 3. The normalized spacial score (nSPS) is 60.5. The van der Waals surface area contributed by atoms with Crippen molar-refractivity contribution in [1.82, 2.24) is 0 Å². The molecule has 0 aromatic carbocycles. The van der Waals surface area contributed by atoms with Gasteiger partial charge in [0, 0.05) is 24.2 Å². The number of carbonyl (C=O) groups excluding carboxylic acids is 2. The lowest BCUT2D eigenvalue weighted by molar-refractivity contribution is -0.461. The van der Waals surface area contributed by atoms with Gasteiger partial charge in [-0.25, -0.2) is 0 Å². The molecule has 0 radical (unpaired) electrons. The molecule has 2 saturated heterocycles. The zero-order chi connectivity index (χ0) is 21.1. The molecular formula is C21H30O8. The standard InChI is InChI=1S/C21H30O8/c1-9-11-4-5-12-19-8-28-21(27,20(12,15(9)24)16(11)25)17(26)14(19)18(3,29-10(2)22)7-6-13(19)23/h9,11-14,16-17,23,25-27H,4-8H2,1-3H3/t9-,11+,12+,13-,14-,16-,17+,18-,19-,20+,21+/m1/s1. The molecule has 6 fully saturated rings. The minimum absolute atomic E-state index is 0.0608. The molecule has 162 valence electrons. The van der Waals surface area contributed by atoms with E-state index >= 15 is 0 Å². The van der Waals surface area contributed by atoms with Crippen molar-refractivity contribution < 1.29 is 39.5 Å². The van der Waals surface area contributed by atoms with Gasteiger partial charge in [-0.2, -0.15) is 0 Å². The van der Waals surface area contributed by atoms with Crippen molar-refractivity contribution in [2.45, 2.75) is 76.2 Å². The fraction of sp³-hybridized carbons (Fsp3) is 0.905. The van der Waals surface area contributed by atoms with Gasteiger partial charge in [0.25, 0.3) is 0 Å². The second kappa shape index (κ2) is 5.59. The molecule has 0 unspecified atom stereocenters. The average molecular weight is 410 g/mol. The van der Waals surface area contributed by atoms with Crippen LogP contribution in [0.25, 0.3) is 0 Å². The molecule has 0 aromatic heterocycles. The van der Waals surface area contributed by atoms with E-state index in [0.29, 0.717) is 25.7 Å². The first-order valence-electron chi connectivity index (χ1n) is 10.6. The maximum atomic E-state index is 13.5. The van der Waals surface area contributed by atoms with E-state index in [9.17, 15) is 30.0 Å². The molecule has 4 saturated carbocycles. The molecule has 6 aliphatic rings. The van der Waals surface area contributed by atoms with Crippen LogP contribution >= 0.6 is 0 Å². The summed E-state index contributed by atoms with van der Waals surface area (Å²) in [5.74, 6) is -5.27. The minimum atomic E-state index is -2.29. The van der Waals surface area contributed by atoms with Gasteiger partial charge < -0.3 is 29.9 Å². The van der Waals surface area contributed by atoms with Crippen LogP contribution in [0, 0.1) is 34.5 Å². The van der Waals surface area contributed by atoms with Crippen molar-refractivity contribution in [3.05, 3.63) is 0 Å². The van der Waals surface area contributed by atoms with E-state index in [1.165, 1.54) is 6.92 Å². The number of rotatable bonds is 1. The van der Waals surface area contributed by atoms with Gasteiger partial charge in [0.2, 0.25) is 5.79 Å². The highest BCUT2D eigenvalue weighted by atomic mass is 16.6. The number of Topliss-reactive ketones (excluding diaryl/α,β-unsaturated/α-hetero) is 1. The Bertz CT molecular complexity index is 785. The molecule has 0 amide bonds. The van der Waals surface area contributed by atoms with Crippen LogP contribution in [0.3, 0.4) is 0 Å². The molecule has 4 bridgehead atoms. The van der Waals surface area contributed by atoms with Gasteiger partial charge in [0.15, 0.2) is 5.78 Å². The van der Waals surface area contributed by atoms with Crippen LogP contribution in [0.5, 0.6) is 0 Å². The van der Waals surface area contributed by atoms with Crippen LogP contribution in [0.15, 0.2) is 0 Å². The van der Waals surface area contributed by atoms with Crippen molar-refractivity contribution in [2.75, 3.05) is 6.61 Å². The fourth-order valence-electron chi connectivity index (χ4n) is 8.37. The fourth-order valence-corrected chi connectivity index (χ4v) is 8.37. The third kappa shape index (κ3) is 1.86. The molecule has 2 heterocycles.